The maximum absolute atomic E-state index is 11.2. The third-order valence-electron chi connectivity index (χ3n) is 3.48. The number of hydrogen-bond acceptors (Lipinski definition) is 5. The Kier molecular flexibility index (Phi) is 5.06. The van der Waals surface area contributed by atoms with Crippen molar-refractivity contribution < 1.29 is 24.5 Å². The van der Waals surface area contributed by atoms with Gasteiger partial charge in [0, 0.05) is 5.92 Å². The third kappa shape index (κ3) is 3.25. The summed E-state index contributed by atoms with van der Waals surface area (Å²) >= 11 is 0. The van der Waals surface area contributed by atoms with Gasteiger partial charge in [-0.25, -0.2) is 0 Å². The monoisotopic (exact) mass is 246 g/mol. The van der Waals surface area contributed by atoms with E-state index in [4.69, 9.17) is 14.6 Å². The lowest BCUT2D eigenvalue weighted by Gasteiger charge is -2.42. The van der Waals surface area contributed by atoms with Crippen LogP contribution in [0, 0.1) is 5.92 Å². The van der Waals surface area contributed by atoms with Crippen molar-refractivity contribution in [3.63, 3.8) is 0 Å². The van der Waals surface area contributed by atoms with E-state index in [0.29, 0.717) is 0 Å². The molecule has 0 aromatic carbocycles. The van der Waals surface area contributed by atoms with Crippen LogP contribution in [-0.2, 0) is 14.3 Å². The molecule has 100 valence electrons. The van der Waals surface area contributed by atoms with Crippen LogP contribution in [-0.4, -0.2) is 53.1 Å². The topological polar surface area (TPSA) is 76.0 Å². The fourth-order valence-electron chi connectivity index (χ4n) is 1.96. The smallest absolute Gasteiger partial charge is 0.158 e. The largest absolute Gasteiger partial charge is 0.394 e. The van der Waals surface area contributed by atoms with Gasteiger partial charge in [0.1, 0.15) is 18.3 Å². The van der Waals surface area contributed by atoms with Gasteiger partial charge in [-0.1, -0.05) is 6.92 Å². The van der Waals surface area contributed by atoms with Crippen LogP contribution in [0.4, 0.5) is 0 Å². The quantitative estimate of drug-likeness (QED) is 0.737. The zero-order valence-corrected chi connectivity index (χ0v) is 10.8. The van der Waals surface area contributed by atoms with E-state index in [1.54, 1.807) is 6.92 Å². The van der Waals surface area contributed by atoms with E-state index in [0.717, 1.165) is 0 Å². The van der Waals surface area contributed by atoms with E-state index < -0.39 is 24.4 Å². The molecule has 0 aromatic rings. The number of ether oxygens (including phenoxy) is 2. The molecular weight excluding hydrogens is 224 g/mol. The van der Waals surface area contributed by atoms with Gasteiger partial charge in [-0.05, 0) is 20.8 Å². The van der Waals surface area contributed by atoms with Crippen LogP contribution in [0.2, 0.25) is 0 Å². The van der Waals surface area contributed by atoms with E-state index >= 15 is 0 Å². The highest BCUT2D eigenvalue weighted by molar-refractivity contribution is 5.79. The Balaban J connectivity index is 2.74. The van der Waals surface area contributed by atoms with Crippen LogP contribution in [0.25, 0.3) is 0 Å². The SMILES string of the molecule is CC(=O)[C@@H](C)O[C@H]1C(O)C(CO)OC(C)[C@H]1C. The van der Waals surface area contributed by atoms with E-state index in [-0.39, 0.29) is 24.4 Å². The summed E-state index contributed by atoms with van der Waals surface area (Å²) in [5, 5.41) is 19.1. The number of Topliss-reactive ketones (excluding diaryl/α,β-unsaturated/α-hetero) is 1. The molecule has 0 bridgehead atoms. The third-order valence-corrected chi connectivity index (χ3v) is 3.48. The molecule has 1 aliphatic heterocycles. The molecule has 1 rings (SSSR count). The predicted octanol–water partition coefficient (Wildman–Crippen LogP) is 0.126. The normalized spacial score (nSPS) is 40.0. The first kappa shape index (κ1) is 14.6. The van der Waals surface area contributed by atoms with E-state index in [9.17, 15) is 9.90 Å². The Morgan fingerprint density at radius 2 is 2.06 bits per heavy atom. The van der Waals surface area contributed by atoms with Gasteiger partial charge in [-0.2, -0.15) is 0 Å². The average Bonchev–Trinajstić information content (AvgIpc) is 2.28. The molecule has 1 saturated heterocycles. The van der Waals surface area contributed by atoms with Crippen molar-refractivity contribution in [2.75, 3.05) is 6.61 Å². The summed E-state index contributed by atoms with van der Waals surface area (Å²) in [7, 11) is 0. The van der Waals surface area contributed by atoms with Gasteiger partial charge in [0.15, 0.2) is 5.78 Å². The predicted molar refractivity (Wildman–Crippen MR) is 61.6 cm³/mol. The molecule has 5 nitrogen and oxygen atoms in total. The zero-order valence-electron chi connectivity index (χ0n) is 10.8. The van der Waals surface area contributed by atoms with Crippen molar-refractivity contribution in [1.29, 1.82) is 0 Å². The van der Waals surface area contributed by atoms with Gasteiger partial charge in [0.25, 0.3) is 0 Å². The molecule has 0 aliphatic carbocycles. The Labute approximate surface area is 102 Å². The molecule has 0 saturated carbocycles. The first-order valence-electron chi connectivity index (χ1n) is 5.98. The van der Waals surface area contributed by atoms with Gasteiger partial charge in [0.05, 0.1) is 18.8 Å². The second kappa shape index (κ2) is 5.91. The van der Waals surface area contributed by atoms with Crippen LogP contribution >= 0.6 is 0 Å². The molecule has 1 heterocycles. The number of aliphatic hydroxyl groups is 2. The van der Waals surface area contributed by atoms with Gasteiger partial charge in [-0.15, -0.1) is 0 Å². The lowest BCUT2D eigenvalue weighted by Crippen LogP contribution is -2.56. The van der Waals surface area contributed by atoms with E-state index in [2.05, 4.69) is 0 Å². The molecule has 6 atom stereocenters. The molecule has 3 unspecified atom stereocenters. The molecule has 5 heteroatoms. The van der Waals surface area contributed by atoms with Gasteiger partial charge in [0.2, 0.25) is 0 Å². The molecule has 1 aliphatic rings. The number of hydrogen-bond donors (Lipinski definition) is 2. The summed E-state index contributed by atoms with van der Waals surface area (Å²) in [5.41, 5.74) is 0. The summed E-state index contributed by atoms with van der Waals surface area (Å²) in [5.74, 6) is -0.112. The molecule has 0 radical (unpaired) electrons. The maximum atomic E-state index is 11.2. The first-order chi connectivity index (χ1) is 7.88. The summed E-state index contributed by atoms with van der Waals surface area (Å²) in [6.45, 7) is 6.63. The van der Waals surface area contributed by atoms with Crippen molar-refractivity contribution in [2.45, 2.75) is 58.2 Å². The minimum absolute atomic E-state index is 0.0328. The Morgan fingerprint density at radius 3 is 2.53 bits per heavy atom. The maximum Gasteiger partial charge on any atom is 0.158 e. The molecule has 2 N–H and O–H groups in total. The highest BCUT2D eigenvalue weighted by Crippen LogP contribution is 2.28. The molecular formula is C12H22O5. The summed E-state index contributed by atoms with van der Waals surface area (Å²) in [6.07, 6.45) is -2.73. The molecule has 0 aromatic heterocycles. The van der Waals surface area contributed by atoms with E-state index in [1.807, 2.05) is 13.8 Å². The lowest BCUT2D eigenvalue weighted by molar-refractivity contribution is -0.222. The van der Waals surface area contributed by atoms with Gasteiger partial charge < -0.3 is 19.7 Å². The number of aliphatic hydroxyl groups excluding tert-OH is 2. The van der Waals surface area contributed by atoms with Crippen LogP contribution in [0.15, 0.2) is 0 Å². The number of ketones is 1. The van der Waals surface area contributed by atoms with Crippen molar-refractivity contribution in [3.05, 3.63) is 0 Å². The fourth-order valence-corrected chi connectivity index (χ4v) is 1.96. The lowest BCUT2D eigenvalue weighted by atomic mass is 9.88. The molecule has 0 spiro atoms. The zero-order chi connectivity index (χ0) is 13.2. The van der Waals surface area contributed by atoms with Crippen LogP contribution in [0.3, 0.4) is 0 Å². The Bertz CT molecular complexity index is 268. The Hall–Kier alpha value is -0.490. The molecule has 0 amide bonds. The number of rotatable bonds is 4. The number of carbonyl (C=O) groups is 1. The van der Waals surface area contributed by atoms with Gasteiger partial charge in [-0.3, -0.25) is 4.79 Å². The summed E-state index contributed by atoms with van der Waals surface area (Å²) in [6, 6.07) is 0. The van der Waals surface area contributed by atoms with Crippen molar-refractivity contribution >= 4 is 5.78 Å². The highest BCUT2D eigenvalue weighted by Gasteiger charge is 2.42. The standard InChI is InChI=1S/C12H22O5/c1-6-8(3)16-10(5-13)11(15)12(6)17-9(4)7(2)14/h6,8-13,15H,5H2,1-4H3/t6-,8?,9-,10?,11?,12-/m1/s1. The summed E-state index contributed by atoms with van der Waals surface area (Å²) in [4.78, 5) is 11.2. The van der Waals surface area contributed by atoms with Crippen LogP contribution in [0.1, 0.15) is 27.7 Å². The minimum atomic E-state index is -0.909. The minimum Gasteiger partial charge on any atom is -0.394 e. The second-order valence-corrected chi connectivity index (χ2v) is 4.77. The molecule has 17 heavy (non-hydrogen) atoms. The van der Waals surface area contributed by atoms with Crippen LogP contribution < -0.4 is 0 Å². The first-order valence-corrected chi connectivity index (χ1v) is 5.98. The van der Waals surface area contributed by atoms with E-state index in [1.165, 1.54) is 6.92 Å². The summed E-state index contributed by atoms with van der Waals surface area (Å²) < 4.78 is 11.1. The Morgan fingerprint density at radius 1 is 1.47 bits per heavy atom. The highest BCUT2D eigenvalue weighted by atomic mass is 16.6. The fraction of sp³-hybridized carbons (Fsp3) is 0.917. The average molecular weight is 246 g/mol. The van der Waals surface area contributed by atoms with Crippen molar-refractivity contribution in [1.82, 2.24) is 0 Å². The van der Waals surface area contributed by atoms with Gasteiger partial charge >= 0.3 is 0 Å². The van der Waals surface area contributed by atoms with Crippen LogP contribution in [0.5, 0.6) is 0 Å². The second-order valence-electron chi connectivity index (χ2n) is 4.77. The van der Waals surface area contributed by atoms with Crippen molar-refractivity contribution in [2.24, 2.45) is 5.92 Å². The van der Waals surface area contributed by atoms with Crippen molar-refractivity contribution in [3.8, 4) is 0 Å². The number of carbonyl (C=O) groups excluding carboxylic acids is 1. The molecule has 1 fully saturated rings.